The first kappa shape index (κ1) is 10.8. The molecule has 0 rings (SSSR count). The third-order valence-electron chi connectivity index (χ3n) is 1.00. The number of hydrogen-bond acceptors (Lipinski definition) is 0. The van der Waals surface area contributed by atoms with Crippen molar-refractivity contribution in [3.63, 3.8) is 0 Å². The fourth-order valence-electron chi connectivity index (χ4n) is 0.540. The van der Waals surface area contributed by atoms with Crippen molar-refractivity contribution in [1.82, 2.24) is 0 Å². The Kier molecular flexibility index (Phi) is 5.53. The summed E-state index contributed by atoms with van der Waals surface area (Å²) in [5, 5.41) is 0. The molecule has 0 bridgehead atoms. The summed E-state index contributed by atoms with van der Waals surface area (Å²) >= 11 is 5.99. The van der Waals surface area contributed by atoms with Crippen molar-refractivity contribution < 1.29 is 24.2 Å². The van der Waals surface area contributed by atoms with Gasteiger partial charge in [0, 0.05) is 0 Å². The molecule has 0 radical (unpaired) electrons. The van der Waals surface area contributed by atoms with Crippen LogP contribution in [0.3, 0.4) is 0 Å². The monoisotopic (exact) mass is 269 g/mol. The van der Waals surface area contributed by atoms with Crippen molar-refractivity contribution in [2.45, 2.75) is 13.8 Å². The summed E-state index contributed by atoms with van der Waals surface area (Å²) in [7, 11) is 0.180. The van der Waals surface area contributed by atoms with Crippen molar-refractivity contribution in [1.29, 1.82) is 0 Å². The van der Waals surface area contributed by atoms with Gasteiger partial charge in [-0.25, -0.2) is 0 Å². The molecule has 0 aliphatic carbocycles. The molecular weight excluding hydrogens is 255 g/mol. The van der Waals surface area contributed by atoms with Gasteiger partial charge < -0.3 is 0 Å². The molecular formula is C4H12MoOPS2. The number of thiol groups is 1. The molecule has 0 spiro atoms. The van der Waals surface area contributed by atoms with Crippen molar-refractivity contribution in [2.75, 3.05) is 11.5 Å². The minimum atomic E-state index is -1.79. The van der Waals surface area contributed by atoms with Gasteiger partial charge in [0.05, 0.1) is 0 Å². The summed E-state index contributed by atoms with van der Waals surface area (Å²) in [5.41, 5.74) is 0. The molecule has 1 nitrogen and oxygen atoms in total. The van der Waals surface area contributed by atoms with Crippen LogP contribution in [0.4, 0.5) is 0 Å². The van der Waals surface area contributed by atoms with E-state index >= 15 is 0 Å². The summed E-state index contributed by atoms with van der Waals surface area (Å²) in [6.45, 7) is 4.22. The van der Waals surface area contributed by atoms with Gasteiger partial charge in [0.15, 0.2) is 0 Å². The van der Waals surface area contributed by atoms with Crippen molar-refractivity contribution in [2.24, 2.45) is 0 Å². The fourth-order valence-corrected chi connectivity index (χ4v) is 10.4. The normalized spacial score (nSPS) is 17.9. The van der Waals surface area contributed by atoms with Crippen LogP contribution >= 0.6 is 15.8 Å². The molecule has 0 fully saturated rings. The van der Waals surface area contributed by atoms with Gasteiger partial charge >= 0.3 is 75.4 Å². The second kappa shape index (κ2) is 4.61. The Morgan fingerprint density at radius 3 is 1.89 bits per heavy atom. The summed E-state index contributed by atoms with van der Waals surface area (Å²) in [5.74, 6) is 2.15. The van der Waals surface area contributed by atoms with Crippen LogP contribution in [0.5, 0.6) is 0 Å². The van der Waals surface area contributed by atoms with Gasteiger partial charge in [-0.2, -0.15) is 0 Å². The quantitative estimate of drug-likeness (QED) is 0.444. The van der Waals surface area contributed by atoms with E-state index < -0.39 is 3.56 Å². The van der Waals surface area contributed by atoms with Gasteiger partial charge in [-0.15, -0.1) is 0 Å². The average Bonchev–Trinajstić information content (AvgIpc) is 1.65. The van der Waals surface area contributed by atoms with E-state index in [0.29, 0.717) is 0 Å². The van der Waals surface area contributed by atoms with E-state index in [1.165, 1.54) is 0 Å². The molecule has 0 aromatic carbocycles. The molecule has 57 valence electrons. The van der Waals surface area contributed by atoms with E-state index in [1.807, 2.05) is 0 Å². The average molecular weight is 267 g/mol. The molecule has 9 heavy (non-hydrogen) atoms. The Bertz CT molecular complexity index is 127. The van der Waals surface area contributed by atoms with Crippen molar-refractivity contribution >= 4 is 25.9 Å². The molecule has 0 saturated carbocycles. The van der Waals surface area contributed by atoms with Gasteiger partial charge in [0.2, 0.25) is 0 Å². The van der Waals surface area contributed by atoms with Gasteiger partial charge in [0.25, 0.3) is 0 Å². The standard InChI is InChI=1S/C4H12OPS2.Mo/c1-3-8(4-2)6(5)7;/h5,7H,3-4H2,1-2H3;/q+1;-1. The molecule has 1 atom stereocenters. The Morgan fingerprint density at radius 2 is 1.89 bits per heavy atom. The van der Waals surface area contributed by atoms with Crippen LogP contribution in [-0.4, -0.2) is 16.4 Å². The van der Waals surface area contributed by atoms with E-state index in [1.54, 1.807) is 19.3 Å². The molecule has 1 unspecified atom stereocenters. The molecule has 1 N–H and O–H groups in total. The van der Waals surface area contributed by atoms with Crippen LogP contribution in [0.2, 0.25) is 0 Å². The summed E-state index contributed by atoms with van der Waals surface area (Å²) in [4.78, 5) is 9.47. The van der Waals surface area contributed by atoms with E-state index in [4.69, 9.17) is 0 Å². The predicted octanol–water partition coefficient (Wildman–Crippen LogP) is 1.79. The van der Waals surface area contributed by atoms with E-state index in [9.17, 15) is 4.89 Å². The zero-order valence-electron chi connectivity index (χ0n) is 5.57. The maximum atomic E-state index is 9.47. The fraction of sp³-hybridized carbons (Fsp3) is 1.00. The van der Waals surface area contributed by atoms with Crippen LogP contribution in [0.15, 0.2) is 0 Å². The molecule has 0 aromatic heterocycles. The van der Waals surface area contributed by atoms with Crippen molar-refractivity contribution in [3.05, 3.63) is 0 Å². The molecule has 5 heteroatoms. The Labute approximate surface area is 75.2 Å². The number of hydrogen-bond donors (Lipinski definition) is 2. The SMILES string of the molecule is CCS(CC)=[P](O)(S)[Mo]. The van der Waals surface area contributed by atoms with Crippen molar-refractivity contribution in [3.8, 4) is 0 Å². The third kappa shape index (κ3) is 4.26. The van der Waals surface area contributed by atoms with E-state index in [2.05, 4.69) is 26.1 Å². The van der Waals surface area contributed by atoms with E-state index in [-0.39, 0.29) is 10.1 Å². The van der Waals surface area contributed by atoms with Crippen LogP contribution in [0.25, 0.3) is 0 Å². The van der Waals surface area contributed by atoms with E-state index in [0.717, 1.165) is 11.5 Å². The second-order valence-electron chi connectivity index (χ2n) is 1.53. The van der Waals surface area contributed by atoms with Gasteiger partial charge in [-0.3, -0.25) is 0 Å². The minimum absolute atomic E-state index is 0.180. The van der Waals surface area contributed by atoms with Crippen LogP contribution < -0.4 is 0 Å². The first-order valence-electron chi connectivity index (χ1n) is 2.76. The summed E-state index contributed by atoms with van der Waals surface area (Å²) in [6, 6.07) is 0. The predicted molar refractivity (Wildman–Crippen MR) is 46.6 cm³/mol. The van der Waals surface area contributed by atoms with Gasteiger partial charge in [-0.05, 0) is 0 Å². The van der Waals surface area contributed by atoms with Crippen LogP contribution in [0.1, 0.15) is 13.8 Å². The molecule has 0 aromatic rings. The molecule has 0 aliphatic heterocycles. The number of rotatable bonds is 2. The molecule has 0 amide bonds. The first-order valence-corrected chi connectivity index (χ1v) is 10.4. The Hall–Kier alpha value is 1.78. The Morgan fingerprint density at radius 1 is 1.56 bits per heavy atom. The molecule has 0 heterocycles. The summed E-state index contributed by atoms with van der Waals surface area (Å²) in [6.07, 6.45) is 0. The van der Waals surface area contributed by atoms with Crippen LogP contribution in [-0.2, 0) is 29.4 Å². The Balaban J connectivity index is 4.40. The zero-order valence-corrected chi connectivity index (χ0v) is 10.2. The molecule has 0 aliphatic rings. The maximum absolute atomic E-state index is 9.47. The van der Waals surface area contributed by atoms with Gasteiger partial charge in [-0.1, -0.05) is 0 Å². The topological polar surface area (TPSA) is 20.2 Å². The van der Waals surface area contributed by atoms with Gasteiger partial charge in [0.1, 0.15) is 0 Å². The summed E-state index contributed by atoms with van der Waals surface area (Å²) < 4.78 is -1.79. The zero-order chi connectivity index (χ0) is 7.49. The first-order chi connectivity index (χ1) is 4.02. The second-order valence-corrected chi connectivity index (χ2v) is 18.2. The third-order valence-corrected chi connectivity index (χ3v) is 13.3. The van der Waals surface area contributed by atoms with Crippen LogP contribution in [0, 0.1) is 0 Å². The molecule has 0 saturated heterocycles.